The second-order valence-corrected chi connectivity index (χ2v) is 13.5. The fourth-order valence-corrected chi connectivity index (χ4v) is 9.64. The van der Waals surface area contributed by atoms with Crippen molar-refractivity contribution in [1.29, 1.82) is 0 Å². The van der Waals surface area contributed by atoms with E-state index in [1.165, 1.54) is 29.3 Å². The van der Waals surface area contributed by atoms with Crippen LogP contribution in [0, 0.1) is 35.5 Å². The van der Waals surface area contributed by atoms with E-state index in [2.05, 4.69) is 34.1 Å². The number of imide groups is 1. The molecule has 5 aliphatic rings. The molecule has 3 aliphatic carbocycles. The van der Waals surface area contributed by atoms with Gasteiger partial charge in [0.1, 0.15) is 5.82 Å². The van der Waals surface area contributed by atoms with Crippen molar-refractivity contribution in [2.45, 2.75) is 57.5 Å². The van der Waals surface area contributed by atoms with Crippen molar-refractivity contribution in [2.75, 3.05) is 44.2 Å². The van der Waals surface area contributed by atoms with Gasteiger partial charge in [0.25, 0.3) is 0 Å². The van der Waals surface area contributed by atoms with Crippen LogP contribution in [-0.4, -0.2) is 76.0 Å². The average molecular weight is 537 g/mol. The number of carbonyl (C=O) groups excluding carboxylic acids is 2. The summed E-state index contributed by atoms with van der Waals surface area (Å²) in [6.45, 7) is 7.69. The summed E-state index contributed by atoms with van der Waals surface area (Å²) in [5.41, 5.74) is -0.752. The molecule has 5 fully saturated rings. The van der Waals surface area contributed by atoms with Crippen LogP contribution < -0.4 is 4.90 Å². The minimum atomic E-state index is -0.752. The molecule has 7 nitrogen and oxygen atoms in total. The Morgan fingerprint density at radius 2 is 1.71 bits per heavy atom. The van der Waals surface area contributed by atoms with Gasteiger partial charge in [-0.25, -0.2) is 0 Å². The molecule has 2 aromatic rings. The summed E-state index contributed by atoms with van der Waals surface area (Å²) < 4.78 is 6.01. The summed E-state index contributed by atoms with van der Waals surface area (Å²) in [4.78, 5) is 33.7. The van der Waals surface area contributed by atoms with Crippen LogP contribution in [0.2, 0.25) is 0 Å². The molecule has 2 bridgehead atoms. The van der Waals surface area contributed by atoms with E-state index in [9.17, 15) is 14.7 Å². The Kier molecular flexibility index (Phi) is 6.28. The van der Waals surface area contributed by atoms with Crippen molar-refractivity contribution in [1.82, 2.24) is 14.2 Å². The predicted molar refractivity (Wildman–Crippen MR) is 149 cm³/mol. The standard InChI is InChI=1S/C30H40N4O3S/c1-2-30(37)16-21-15-23(30)26-25(21)28(35)34(29(26)36)18-20-8-4-3-7-19(20)17-32-11-13-33(14-12-32)27-22-9-5-6-10-24(22)38-31-27/h5-6,9-10,19-21,23,25-26,37H,2-4,7-8,11-18H2,1H3/t19-,20?,21-,23+,25+,26-,30+/m0/s1. The summed E-state index contributed by atoms with van der Waals surface area (Å²) in [6, 6.07) is 8.50. The number of likely N-dealkylation sites (tertiary alicyclic amines) is 1. The quantitative estimate of drug-likeness (QED) is 0.563. The smallest absolute Gasteiger partial charge is 0.233 e. The number of hydrogen-bond donors (Lipinski definition) is 1. The van der Waals surface area contributed by atoms with Crippen LogP contribution in [0.25, 0.3) is 10.1 Å². The number of hydrogen-bond acceptors (Lipinski definition) is 7. The molecule has 3 heterocycles. The number of amides is 2. The van der Waals surface area contributed by atoms with E-state index in [4.69, 9.17) is 4.37 Å². The highest BCUT2D eigenvalue weighted by molar-refractivity contribution is 7.13. The number of piperazine rings is 1. The molecule has 2 amide bonds. The zero-order chi connectivity index (χ0) is 26.0. The van der Waals surface area contributed by atoms with Gasteiger partial charge in [-0.05, 0) is 73.5 Å². The number of carbonyl (C=O) groups is 2. The number of aliphatic hydroxyl groups is 1. The number of benzene rings is 1. The minimum Gasteiger partial charge on any atom is -0.390 e. The Bertz CT molecular complexity index is 1230. The molecule has 204 valence electrons. The summed E-state index contributed by atoms with van der Waals surface area (Å²) in [6.07, 6.45) is 6.94. The summed E-state index contributed by atoms with van der Waals surface area (Å²) in [5.74, 6) is 1.84. The Hall–Kier alpha value is -2.03. The van der Waals surface area contributed by atoms with E-state index in [1.54, 1.807) is 16.4 Å². The van der Waals surface area contributed by atoms with Crippen LogP contribution in [0.4, 0.5) is 5.82 Å². The van der Waals surface area contributed by atoms with Gasteiger partial charge in [-0.1, -0.05) is 31.9 Å². The Balaban J connectivity index is 0.991. The van der Waals surface area contributed by atoms with Crippen LogP contribution in [0.1, 0.15) is 51.9 Å². The average Bonchev–Trinajstić information content (AvgIpc) is 3.68. The van der Waals surface area contributed by atoms with E-state index in [-0.39, 0.29) is 35.5 Å². The Labute approximate surface area is 229 Å². The van der Waals surface area contributed by atoms with Gasteiger partial charge < -0.3 is 10.0 Å². The van der Waals surface area contributed by atoms with Gasteiger partial charge in [0.05, 0.1) is 22.1 Å². The maximum absolute atomic E-state index is 13.6. The van der Waals surface area contributed by atoms with Crippen molar-refractivity contribution in [3.05, 3.63) is 24.3 Å². The van der Waals surface area contributed by atoms with Crippen molar-refractivity contribution in [3.63, 3.8) is 0 Å². The van der Waals surface area contributed by atoms with Gasteiger partial charge in [-0.3, -0.25) is 19.4 Å². The minimum absolute atomic E-state index is 0.0208. The zero-order valence-electron chi connectivity index (χ0n) is 22.4. The Morgan fingerprint density at radius 1 is 1.00 bits per heavy atom. The van der Waals surface area contributed by atoms with Crippen LogP contribution in [-0.2, 0) is 9.59 Å². The molecule has 2 saturated heterocycles. The molecule has 1 aromatic carbocycles. The van der Waals surface area contributed by atoms with Crippen LogP contribution >= 0.6 is 11.5 Å². The summed E-state index contributed by atoms with van der Waals surface area (Å²) in [5, 5.41) is 12.4. The molecule has 0 spiro atoms. The first-order valence-electron chi connectivity index (χ1n) is 14.9. The third-order valence-corrected chi connectivity index (χ3v) is 11.7. The first-order chi connectivity index (χ1) is 18.5. The molecule has 0 radical (unpaired) electrons. The summed E-state index contributed by atoms with van der Waals surface area (Å²) in [7, 11) is 0. The molecule has 7 rings (SSSR count). The molecule has 7 atom stereocenters. The number of aromatic nitrogens is 1. The Morgan fingerprint density at radius 3 is 2.47 bits per heavy atom. The van der Waals surface area contributed by atoms with Gasteiger partial charge in [0, 0.05) is 50.6 Å². The van der Waals surface area contributed by atoms with Gasteiger partial charge >= 0.3 is 0 Å². The molecule has 1 aromatic heterocycles. The van der Waals surface area contributed by atoms with E-state index >= 15 is 0 Å². The van der Waals surface area contributed by atoms with E-state index in [0.717, 1.165) is 51.4 Å². The van der Waals surface area contributed by atoms with Crippen molar-refractivity contribution < 1.29 is 14.7 Å². The van der Waals surface area contributed by atoms with Gasteiger partial charge in [-0.2, -0.15) is 4.37 Å². The topological polar surface area (TPSA) is 77.0 Å². The lowest BCUT2D eigenvalue weighted by atomic mass is 9.71. The first kappa shape index (κ1) is 25.0. The third kappa shape index (κ3) is 3.93. The van der Waals surface area contributed by atoms with Crippen LogP contribution in [0.15, 0.2) is 24.3 Å². The largest absolute Gasteiger partial charge is 0.390 e. The zero-order valence-corrected chi connectivity index (χ0v) is 23.2. The van der Waals surface area contributed by atoms with Gasteiger partial charge in [-0.15, -0.1) is 0 Å². The number of anilines is 1. The molecule has 38 heavy (non-hydrogen) atoms. The molecule has 8 heteroatoms. The maximum Gasteiger partial charge on any atom is 0.233 e. The maximum atomic E-state index is 13.6. The molecular formula is C30H40N4O3S. The normalized spacial score (nSPS) is 37.5. The number of rotatable bonds is 6. The number of nitrogens with zero attached hydrogens (tertiary/aromatic N) is 4. The predicted octanol–water partition coefficient (Wildman–Crippen LogP) is 4.01. The fraction of sp³-hybridized carbons (Fsp3) is 0.700. The van der Waals surface area contributed by atoms with E-state index in [0.29, 0.717) is 31.2 Å². The molecule has 2 aliphatic heterocycles. The lowest BCUT2D eigenvalue weighted by molar-refractivity contribution is -0.142. The van der Waals surface area contributed by atoms with Crippen molar-refractivity contribution in [2.24, 2.45) is 35.5 Å². The molecule has 1 unspecified atom stereocenters. The van der Waals surface area contributed by atoms with Crippen LogP contribution in [0.5, 0.6) is 0 Å². The van der Waals surface area contributed by atoms with E-state index in [1.807, 2.05) is 6.92 Å². The SMILES string of the molecule is CC[C@@]1(O)C[C@@H]2C[C@@H]1[C@@H]1C(=O)N(CC3CCCC[C@H]3CN3CCN(c4nsc5ccccc45)CC3)C(=O)[C@H]21. The highest BCUT2D eigenvalue weighted by atomic mass is 32.1. The van der Waals surface area contributed by atoms with Gasteiger partial charge in [0.15, 0.2) is 0 Å². The molecule has 1 N–H and O–H groups in total. The second-order valence-electron chi connectivity index (χ2n) is 12.7. The third-order valence-electron chi connectivity index (χ3n) is 10.9. The second kappa shape index (κ2) is 9.56. The lowest BCUT2D eigenvalue weighted by Crippen LogP contribution is -2.49. The number of fused-ring (bicyclic) bond motifs is 6. The lowest BCUT2D eigenvalue weighted by Gasteiger charge is -2.40. The fourth-order valence-electron chi connectivity index (χ4n) is 8.84. The highest BCUT2D eigenvalue weighted by Gasteiger charge is 2.67. The van der Waals surface area contributed by atoms with E-state index < -0.39 is 5.60 Å². The van der Waals surface area contributed by atoms with Gasteiger partial charge in [0.2, 0.25) is 11.8 Å². The van der Waals surface area contributed by atoms with Crippen LogP contribution in [0.3, 0.4) is 0 Å². The highest BCUT2D eigenvalue weighted by Crippen LogP contribution is 2.61. The van der Waals surface area contributed by atoms with Crippen molar-refractivity contribution in [3.8, 4) is 0 Å². The monoisotopic (exact) mass is 536 g/mol. The first-order valence-corrected chi connectivity index (χ1v) is 15.6. The van der Waals surface area contributed by atoms with Crippen molar-refractivity contribution >= 4 is 39.3 Å². The summed E-state index contributed by atoms with van der Waals surface area (Å²) >= 11 is 1.58. The molecular weight excluding hydrogens is 496 g/mol. The molecule has 3 saturated carbocycles.